The fourth-order valence-corrected chi connectivity index (χ4v) is 3.31. The molecule has 0 spiro atoms. The van der Waals surface area contributed by atoms with Gasteiger partial charge in [0.15, 0.2) is 0 Å². The van der Waals surface area contributed by atoms with Crippen LogP contribution in [-0.2, 0) is 6.42 Å². The summed E-state index contributed by atoms with van der Waals surface area (Å²) < 4.78 is 1.17. The van der Waals surface area contributed by atoms with Gasteiger partial charge in [0, 0.05) is 17.9 Å². The summed E-state index contributed by atoms with van der Waals surface area (Å²) in [6.45, 7) is 2.75. The number of nitrogens with one attached hydrogen (secondary N) is 1. The summed E-state index contributed by atoms with van der Waals surface area (Å²) in [4.78, 5) is 13.0. The lowest BCUT2D eigenvalue weighted by atomic mass is 10.1. The topological polar surface area (TPSA) is 49.3 Å². The third-order valence-electron chi connectivity index (χ3n) is 3.02. The molecule has 0 aliphatic carbocycles. The molecule has 0 saturated carbocycles. The molecular weight excluding hydrogens is 258 g/mol. The van der Waals surface area contributed by atoms with Crippen LogP contribution in [0.3, 0.4) is 0 Å². The minimum Gasteiger partial charge on any atom is -0.396 e. The Morgan fingerprint density at radius 2 is 2.16 bits per heavy atom. The van der Waals surface area contributed by atoms with E-state index in [-0.39, 0.29) is 12.5 Å². The summed E-state index contributed by atoms with van der Waals surface area (Å²) in [5, 5.41) is 12.8. The molecule has 0 saturated heterocycles. The van der Waals surface area contributed by atoms with Gasteiger partial charge in [0.25, 0.3) is 5.91 Å². The smallest absolute Gasteiger partial charge is 0.261 e. The van der Waals surface area contributed by atoms with Gasteiger partial charge in [-0.25, -0.2) is 0 Å². The predicted octanol–water partition coefficient (Wildman–Crippen LogP) is 2.97. The number of aliphatic hydroxyl groups is 1. The third-order valence-corrected chi connectivity index (χ3v) is 4.24. The van der Waals surface area contributed by atoms with Gasteiger partial charge in [-0.2, -0.15) is 0 Å². The largest absolute Gasteiger partial charge is 0.396 e. The number of carbonyl (C=O) groups is 1. The van der Waals surface area contributed by atoms with Crippen LogP contribution in [-0.4, -0.2) is 24.2 Å². The molecule has 1 aromatic heterocycles. The van der Waals surface area contributed by atoms with Crippen LogP contribution in [0.5, 0.6) is 0 Å². The lowest BCUT2D eigenvalue weighted by molar-refractivity contribution is 0.0954. The molecular formula is C15H19NO2S. The Balaban J connectivity index is 2.30. The van der Waals surface area contributed by atoms with Crippen LogP contribution in [0.2, 0.25) is 0 Å². The van der Waals surface area contributed by atoms with Crippen molar-refractivity contribution in [3.05, 3.63) is 34.7 Å². The van der Waals surface area contributed by atoms with Crippen molar-refractivity contribution in [1.82, 2.24) is 5.32 Å². The predicted molar refractivity (Wildman–Crippen MR) is 79.9 cm³/mol. The van der Waals surface area contributed by atoms with Gasteiger partial charge in [-0.3, -0.25) is 4.79 Å². The van der Waals surface area contributed by atoms with E-state index < -0.39 is 0 Å². The van der Waals surface area contributed by atoms with E-state index in [1.165, 1.54) is 10.1 Å². The maximum Gasteiger partial charge on any atom is 0.261 e. The standard InChI is InChI=1S/C15H19NO2S/c1-2-6-12-11-7-3-4-8-13(11)19-14(12)15(18)16-9-5-10-17/h3-4,7-8,17H,2,5-6,9-10H2,1H3,(H,16,18). The van der Waals surface area contributed by atoms with E-state index in [0.29, 0.717) is 13.0 Å². The van der Waals surface area contributed by atoms with Crippen LogP contribution < -0.4 is 5.32 Å². The highest BCUT2D eigenvalue weighted by molar-refractivity contribution is 7.21. The molecule has 4 heteroatoms. The van der Waals surface area contributed by atoms with Crippen molar-refractivity contribution in [2.75, 3.05) is 13.2 Å². The van der Waals surface area contributed by atoms with E-state index in [1.807, 2.05) is 12.1 Å². The van der Waals surface area contributed by atoms with Crippen LogP contribution in [0.25, 0.3) is 10.1 Å². The number of amides is 1. The van der Waals surface area contributed by atoms with Gasteiger partial charge in [0.1, 0.15) is 0 Å². The van der Waals surface area contributed by atoms with Gasteiger partial charge in [0.05, 0.1) is 4.88 Å². The Morgan fingerprint density at radius 1 is 1.37 bits per heavy atom. The zero-order valence-electron chi connectivity index (χ0n) is 11.1. The lowest BCUT2D eigenvalue weighted by Crippen LogP contribution is -2.25. The molecule has 0 radical (unpaired) electrons. The van der Waals surface area contributed by atoms with Gasteiger partial charge >= 0.3 is 0 Å². The second kappa shape index (κ2) is 6.68. The Hall–Kier alpha value is -1.39. The molecule has 3 nitrogen and oxygen atoms in total. The molecule has 0 fully saturated rings. The molecule has 0 atom stereocenters. The van der Waals surface area contributed by atoms with E-state index in [9.17, 15) is 4.79 Å². The van der Waals surface area contributed by atoms with E-state index in [2.05, 4.69) is 24.4 Å². The molecule has 2 N–H and O–H groups in total. The lowest BCUT2D eigenvalue weighted by Gasteiger charge is -2.05. The zero-order chi connectivity index (χ0) is 13.7. The van der Waals surface area contributed by atoms with Crippen molar-refractivity contribution in [3.8, 4) is 0 Å². The first kappa shape index (κ1) is 14.0. The van der Waals surface area contributed by atoms with Crippen LogP contribution in [0, 0.1) is 0 Å². The van der Waals surface area contributed by atoms with Crippen molar-refractivity contribution < 1.29 is 9.90 Å². The highest BCUT2D eigenvalue weighted by Crippen LogP contribution is 2.32. The third kappa shape index (κ3) is 3.14. The van der Waals surface area contributed by atoms with Gasteiger partial charge in [-0.15, -0.1) is 11.3 Å². The molecule has 0 aliphatic rings. The van der Waals surface area contributed by atoms with Crippen molar-refractivity contribution in [2.45, 2.75) is 26.2 Å². The molecule has 2 rings (SSSR count). The Bertz CT molecular complexity index is 562. The SMILES string of the molecule is CCCc1c(C(=O)NCCCO)sc2ccccc12. The van der Waals surface area contributed by atoms with Gasteiger partial charge in [-0.1, -0.05) is 31.5 Å². The number of rotatable bonds is 6. The van der Waals surface area contributed by atoms with Crippen molar-refractivity contribution in [3.63, 3.8) is 0 Å². The van der Waals surface area contributed by atoms with Gasteiger partial charge in [0.2, 0.25) is 0 Å². The first-order valence-corrected chi connectivity index (χ1v) is 7.49. The number of benzene rings is 1. The van der Waals surface area contributed by atoms with Gasteiger partial charge in [-0.05, 0) is 29.9 Å². The van der Waals surface area contributed by atoms with E-state index in [0.717, 1.165) is 23.3 Å². The van der Waals surface area contributed by atoms with Crippen molar-refractivity contribution in [2.24, 2.45) is 0 Å². The van der Waals surface area contributed by atoms with Gasteiger partial charge < -0.3 is 10.4 Å². The number of aryl methyl sites for hydroxylation is 1. The summed E-state index contributed by atoms with van der Waals surface area (Å²) in [5.74, 6) is -0.0156. The van der Waals surface area contributed by atoms with Crippen molar-refractivity contribution >= 4 is 27.3 Å². The Labute approximate surface area is 117 Å². The second-order valence-electron chi connectivity index (χ2n) is 4.49. The maximum absolute atomic E-state index is 12.2. The molecule has 1 heterocycles. The first-order valence-electron chi connectivity index (χ1n) is 6.67. The molecule has 0 bridgehead atoms. The summed E-state index contributed by atoms with van der Waals surface area (Å²) in [5.41, 5.74) is 1.16. The molecule has 0 aliphatic heterocycles. The summed E-state index contributed by atoms with van der Waals surface area (Å²) in [6, 6.07) is 8.16. The number of aliphatic hydroxyl groups excluding tert-OH is 1. The fraction of sp³-hybridized carbons (Fsp3) is 0.400. The molecule has 19 heavy (non-hydrogen) atoms. The number of fused-ring (bicyclic) bond motifs is 1. The number of hydrogen-bond donors (Lipinski definition) is 2. The number of thiophene rings is 1. The van der Waals surface area contributed by atoms with Crippen LogP contribution in [0.15, 0.2) is 24.3 Å². The Morgan fingerprint density at radius 3 is 2.89 bits per heavy atom. The minimum absolute atomic E-state index is 0.0156. The maximum atomic E-state index is 12.2. The molecule has 1 amide bonds. The summed E-state index contributed by atoms with van der Waals surface area (Å²) in [7, 11) is 0. The van der Waals surface area contributed by atoms with E-state index >= 15 is 0 Å². The van der Waals surface area contributed by atoms with Crippen LogP contribution in [0.1, 0.15) is 35.0 Å². The average Bonchev–Trinajstić information content (AvgIpc) is 2.79. The zero-order valence-corrected chi connectivity index (χ0v) is 11.9. The monoisotopic (exact) mass is 277 g/mol. The molecule has 2 aromatic rings. The fourth-order valence-electron chi connectivity index (χ4n) is 2.14. The Kier molecular flexibility index (Phi) is 4.93. The number of hydrogen-bond acceptors (Lipinski definition) is 3. The number of carbonyl (C=O) groups excluding carboxylic acids is 1. The normalized spacial score (nSPS) is 10.8. The van der Waals surface area contributed by atoms with Crippen molar-refractivity contribution in [1.29, 1.82) is 0 Å². The molecule has 102 valence electrons. The first-order chi connectivity index (χ1) is 9.27. The molecule has 1 aromatic carbocycles. The summed E-state index contributed by atoms with van der Waals surface area (Å²) >= 11 is 1.56. The summed E-state index contributed by atoms with van der Waals surface area (Å²) in [6.07, 6.45) is 2.55. The van der Waals surface area contributed by atoms with E-state index in [1.54, 1.807) is 11.3 Å². The second-order valence-corrected chi connectivity index (χ2v) is 5.54. The highest BCUT2D eigenvalue weighted by Gasteiger charge is 2.16. The van der Waals surface area contributed by atoms with Crippen LogP contribution in [0.4, 0.5) is 0 Å². The minimum atomic E-state index is -0.0156. The van der Waals surface area contributed by atoms with Crippen LogP contribution >= 0.6 is 11.3 Å². The van der Waals surface area contributed by atoms with E-state index in [4.69, 9.17) is 5.11 Å². The highest BCUT2D eigenvalue weighted by atomic mass is 32.1. The quantitative estimate of drug-likeness (QED) is 0.798. The molecule has 0 unspecified atom stereocenters. The average molecular weight is 277 g/mol.